The molecule has 38 heavy (non-hydrogen) atoms. The van der Waals surface area contributed by atoms with Crippen LogP contribution in [-0.4, -0.2) is 35.5 Å². The van der Waals surface area contributed by atoms with Gasteiger partial charge in [-0.2, -0.15) is 0 Å². The second kappa shape index (κ2) is 22.4. The average molecular weight is 561 g/mol. The van der Waals surface area contributed by atoms with Crippen molar-refractivity contribution in [2.24, 2.45) is 0 Å². The maximum atomic E-state index is 3.05. The molecule has 2 nitrogen and oxygen atoms in total. The van der Waals surface area contributed by atoms with Gasteiger partial charge in [-0.05, 0) is 49.2 Å². The van der Waals surface area contributed by atoms with Crippen LogP contribution in [0.1, 0.15) is 143 Å². The summed E-state index contributed by atoms with van der Waals surface area (Å²) in [6, 6.07) is 0. The highest BCUT2D eigenvalue weighted by Gasteiger charge is 2.36. The maximum Gasteiger partial charge on any atom is 0.0378 e. The van der Waals surface area contributed by atoms with E-state index in [-0.39, 0.29) is 15.5 Å². The van der Waals surface area contributed by atoms with Gasteiger partial charge in [-0.1, -0.05) is 141 Å². The molecule has 2 atom stereocenters. The van der Waals surface area contributed by atoms with Crippen molar-refractivity contribution in [1.29, 1.82) is 0 Å². The molecule has 0 aromatic rings. The lowest BCUT2D eigenvalue weighted by molar-refractivity contribution is 0.411. The SMILES string of the molecule is CCCCCCN(CCCCCC)P(C1=CC=CC1)P(C1=CC=CC1)N(CCCCCC)CCCCCC. The lowest BCUT2D eigenvalue weighted by Crippen LogP contribution is -2.27. The van der Waals surface area contributed by atoms with Gasteiger partial charge in [0.15, 0.2) is 0 Å². The zero-order valence-corrected chi connectivity index (χ0v) is 27.6. The predicted octanol–water partition coefficient (Wildman–Crippen LogP) is 12.3. The van der Waals surface area contributed by atoms with Crippen molar-refractivity contribution in [3.63, 3.8) is 0 Å². The summed E-state index contributed by atoms with van der Waals surface area (Å²) >= 11 is 0. The molecule has 4 heteroatoms. The molecule has 2 aliphatic carbocycles. The highest BCUT2D eigenvalue weighted by atomic mass is 32.1. The minimum atomic E-state index is -0.315. The molecule has 0 aliphatic heterocycles. The van der Waals surface area contributed by atoms with E-state index in [1.807, 2.05) is 0 Å². The van der Waals surface area contributed by atoms with Crippen molar-refractivity contribution in [3.05, 3.63) is 47.1 Å². The Morgan fingerprint density at radius 2 is 0.789 bits per heavy atom. The molecule has 0 radical (unpaired) electrons. The first kappa shape index (κ1) is 33.9. The first-order valence-electron chi connectivity index (χ1n) is 16.6. The number of nitrogens with zero attached hydrogens (tertiary/aromatic N) is 2. The molecule has 0 amide bonds. The zero-order chi connectivity index (χ0) is 27.3. The van der Waals surface area contributed by atoms with Crippen molar-refractivity contribution in [1.82, 2.24) is 9.34 Å². The van der Waals surface area contributed by atoms with Crippen LogP contribution < -0.4 is 0 Å². The molecular weight excluding hydrogens is 498 g/mol. The van der Waals surface area contributed by atoms with E-state index in [2.05, 4.69) is 73.5 Å². The Hall–Kier alpha value is -0.260. The van der Waals surface area contributed by atoms with Gasteiger partial charge >= 0.3 is 0 Å². The zero-order valence-electron chi connectivity index (χ0n) is 25.8. The van der Waals surface area contributed by atoms with Gasteiger partial charge in [0.25, 0.3) is 0 Å². The Bertz CT molecular complexity index is 627. The summed E-state index contributed by atoms with van der Waals surface area (Å²) in [5.41, 5.74) is 0. The highest BCUT2D eigenvalue weighted by molar-refractivity contribution is 8.31. The minimum absolute atomic E-state index is 0.315. The summed E-state index contributed by atoms with van der Waals surface area (Å²) in [4.78, 5) is 0. The van der Waals surface area contributed by atoms with Crippen molar-refractivity contribution in [3.8, 4) is 0 Å². The van der Waals surface area contributed by atoms with Crippen LogP contribution in [0, 0.1) is 0 Å². The Kier molecular flexibility index (Phi) is 20.0. The number of unbranched alkanes of at least 4 members (excludes halogenated alkanes) is 12. The third-order valence-corrected chi connectivity index (χ3v) is 15.9. The van der Waals surface area contributed by atoms with Gasteiger partial charge < -0.3 is 0 Å². The Balaban J connectivity index is 2.36. The van der Waals surface area contributed by atoms with Crippen LogP contribution in [0.3, 0.4) is 0 Å². The van der Waals surface area contributed by atoms with E-state index in [1.54, 1.807) is 10.6 Å². The van der Waals surface area contributed by atoms with Gasteiger partial charge in [0.2, 0.25) is 0 Å². The van der Waals surface area contributed by atoms with Crippen LogP contribution in [0.4, 0.5) is 0 Å². The van der Waals surface area contributed by atoms with E-state index < -0.39 is 0 Å². The topological polar surface area (TPSA) is 6.48 Å². The molecule has 0 aromatic carbocycles. The van der Waals surface area contributed by atoms with Gasteiger partial charge in [0.05, 0.1) is 0 Å². The summed E-state index contributed by atoms with van der Waals surface area (Å²) in [6.07, 6.45) is 38.9. The van der Waals surface area contributed by atoms with E-state index in [1.165, 1.54) is 142 Å². The minimum Gasteiger partial charge on any atom is -0.274 e. The van der Waals surface area contributed by atoms with Crippen LogP contribution >= 0.6 is 15.5 Å². The molecule has 0 heterocycles. The second-order valence-corrected chi connectivity index (χ2v) is 17.0. The molecule has 2 aliphatic rings. The second-order valence-electron chi connectivity index (χ2n) is 11.3. The molecule has 0 bridgehead atoms. The summed E-state index contributed by atoms with van der Waals surface area (Å²) in [5.74, 6) is 0. The molecule has 218 valence electrons. The quantitative estimate of drug-likeness (QED) is 0.0809. The number of allylic oxidation sites excluding steroid dienone is 8. The first-order chi connectivity index (χ1) is 18.8. The van der Waals surface area contributed by atoms with E-state index in [9.17, 15) is 0 Å². The predicted molar refractivity (Wildman–Crippen MR) is 177 cm³/mol. The van der Waals surface area contributed by atoms with Crippen molar-refractivity contribution in [2.45, 2.75) is 143 Å². The van der Waals surface area contributed by atoms with Crippen molar-refractivity contribution >= 4 is 15.5 Å². The standard InChI is InChI=1S/C34H62N2P2/c1-5-9-13-21-29-35(30-22-14-10-6-2)37(33-25-17-18-26-33)38(34-27-19-20-28-34)36(31-23-15-11-7-3)32-24-16-12-8-4/h17-20,25,27H,5-16,21-24,26,28-32H2,1-4H3. The largest absolute Gasteiger partial charge is 0.274 e. The van der Waals surface area contributed by atoms with E-state index in [0.717, 1.165) is 0 Å². The summed E-state index contributed by atoms with van der Waals surface area (Å²) in [7, 11) is -0.631. The monoisotopic (exact) mass is 560 g/mol. The summed E-state index contributed by atoms with van der Waals surface area (Å²) in [6.45, 7) is 14.6. The average Bonchev–Trinajstić information content (AvgIpc) is 3.66. The number of rotatable bonds is 25. The van der Waals surface area contributed by atoms with Crippen LogP contribution in [0.2, 0.25) is 0 Å². The fourth-order valence-electron chi connectivity index (χ4n) is 5.50. The van der Waals surface area contributed by atoms with E-state index >= 15 is 0 Å². The molecule has 2 rings (SSSR count). The maximum absolute atomic E-state index is 3.05. The number of hydrogen-bond donors (Lipinski definition) is 0. The molecular formula is C34H62N2P2. The summed E-state index contributed by atoms with van der Waals surface area (Å²) in [5, 5.41) is 3.52. The molecule has 0 saturated carbocycles. The van der Waals surface area contributed by atoms with Crippen molar-refractivity contribution < 1.29 is 0 Å². The third-order valence-electron chi connectivity index (χ3n) is 7.81. The normalized spacial score (nSPS) is 16.6. The van der Waals surface area contributed by atoms with Gasteiger partial charge in [0, 0.05) is 41.7 Å². The van der Waals surface area contributed by atoms with Crippen molar-refractivity contribution in [2.75, 3.05) is 26.2 Å². The Morgan fingerprint density at radius 3 is 1.03 bits per heavy atom. The van der Waals surface area contributed by atoms with Gasteiger partial charge in [-0.3, -0.25) is 9.34 Å². The van der Waals surface area contributed by atoms with E-state index in [4.69, 9.17) is 0 Å². The lowest BCUT2D eigenvalue weighted by atomic mass is 10.2. The molecule has 0 saturated heterocycles. The van der Waals surface area contributed by atoms with Gasteiger partial charge in [-0.15, -0.1) is 0 Å². The van der Waals surface area contributed by atoms with Crippen LogP contribution in [0.15, 0.2) is 47.1 Å². The fourth-order valence-corrected chi connectivity index (χ4v) is 14.4. The molecule has 0 N–H and O–H groups in total. The van der Waals surface area contributed by atoms with Gasteiger partial charge in [0.1, 0.15) is 0 Å². The third kappa shape index (κ3) is 12.9. The number of hydrogen-bond acceptors (Lipinski definition) is 2. The van der Waals surface area contributed by atoms with Crippen LogP contribution in [0.25, 0.3) is 0 Å². The molecule has 0 fully saturated rings. The van der Waals surface area contributed by atoms with Gasteiger partial charge in [-0.25, -0.2) is 0 Å². The first-order valence-corrected chi connectivity index (χ1v) is 19.9. The van der Waals surface area contributed by atoms with Crippen LogP contribution in [0.5, 0.6) is 0 Å². The summed E-state index contributed by atoms with van der Waals surface area (Å²) < 4.78 is 6.10. The highest BCUT2D eigenvalue weighted by Crippen LogP contribution is 2.81. The van der Waals surface area contributed by atoms with E-state index in [0.29, 0.717) is 0 Å². The Morgan fingerprint density at radius 1 is 0.474 bits per heavy atom. The fraction of sp³-hybridized carbons (Fsp3) is 0.765. The molecule has 0 aromatic heterocycles. The molecule has 0 spiro atoms. The van der Waals surface area contributed by atoms with Crippen LogP contribution in [-0.2, 0) is 0 Å². The molecule has 2 unspecified atom stereocenters. The Labute approximate surface area is 241 Å². The lowest BCUT2D eigenvalue weighted by Gasteiger charge is -2.44. The smallest absolute Gasteiger partial charge is 0.0378 e.